The molecule has 0 atom stereocenters. The van der Waals surface area contributed by atoms with Gasteiger partial charge in [0.15, 0.2) is 11.4 Å². The molecule has 3 heterocycles. The number of aromatic nitrogens is 3. The third-order valence-corrected chi connectivity index (χ3v) is 5.98. The van der Waals surface area contributed by atoms with Gasteiger partial charge in [-0.25, -0.2) is 4.68 Å². The topological polar surface area (TPSA) is 60.3 Å². The molecule has 1 saturated carbocycles. The number of ether oxygens (including phenoxy) is 1. The largest absolute Gasteiger partial charge is 0.476 e. The van der Waals surface area contributed by atoms with Crippen molar-refractivity contribution in [3.05, 3.63) is 17.8 Å². The summed E-state index contributed by atoms with van der Waals surface area (Å²) in [6.07, 6.45) is 9.34. The maximum absolute atomic E-state index is 12.8. The smallest absolute Gasteiger partial charge is 0.215 e. The predicted octanol–water partition coefficient (Wildman–Crippen LogP) is 3.60. The van der Waals surface area contributed by atoms with Gasteiger partial charge < -0.3 is 4.74 Å². The van der Waals surface area contributed by atoms with Crippen molar-refractivity contribution < 1.29 is 9.53 Å². The van der Waals surface area contributed by atoms with Gasteiger partial charge in [0.1, 0.15) is 12.3 Å². The van der Waals surface area contributed by atoms with Crippen LogP contribution in [0.1, 0.15) is 61.9 Å². The second-order valence-electron chi connectivity index (χ2n) is 8.02. The quantitative estimate of drug-likeness (QED) is 0.697. The van der Waals surface area contributed by atoms with Crippen LogP contribution in [0.25, 0.3) is 11.0 Å². The molecule has 2 aliphatic rings. The Hall–Kier alpha value is -1.95. The second-order valence-corrected chi connectivity index (χ2v) is 8.02. The molecule has 0 aromatic carbocycles. The maximum atomic E-state index is 12.8. The molecular weight excluding hydrogens is 340 g/mol. The zero-order valence-corrected chi connectivity index (χ0v) is 16.3. The van der Waals surface area contributed by atoms with Crippen molar-refractivity contribution in [3.63, 3.8) is 0 Å². The number of pyridine rings is 1. The first-order valence-electron chi connectivity index (χ1n) is 10.4. The first kappa shape index (κ1) is 18.4. The number of Topliss-reactive ketones (excluding diaryl/α,β-unsaturated/α-hetero) is 1. The monoisotopic (exact) mass is 370 g/mol. The fourth-order valence-electron chi connectivity index (χ4n) is 4.44. The summed E-state index contributed by atoms with van der Waals surface area (Å²) in [5, 5.41) is 5.32. The first-order chi connectivity index (χ1) is 13.2. The average molecular weight is 370 g/mol. The van der Waals surface area contributed by atoms with Crippen molar-refractivity contribution in [1.82, 2.24) is 19.7 Å². The molecule has 0 N–H and O–H groups in total. The number of hydrogen-bond acceptors (Lipinski definition) is 5. The summed E-state index contributed by atoms with van der Waals surface area (Å²) in [6.45, 7) is 3.92. The van der Waals surface area contributed by atoms with Crippen LogP contribution >= 0.6 is 0 Å². The normalized spacial score (nSPS) is 19.0. The van der Waals surface area contributed by atoms with Crippen molar-refractivity contribution >= 4 is 16.8 Å². The van der Waals surface area contributed by atoms with Crippen LogP contribution in [0.3, 0.4) is 0 Å². The molecule has 4 rings (SSSR count). The van der Waals surface area contributed by atoms with Crippen LogP contribution in [-0.2, 0) is 7.05 Å². The highest BCUT2D eigenvalue weighted by atomic mass is 16.5. The molecule has 2 aromatic heterocycles. The van der Waals surface area contributed by atoms with Crippen LogP contribution in [0.15, 0.2) is 12.1 Å². The van der Waals surface area contributed by atoms with E-state index >= 15 is 0 Å². The van der Waals surface area contributed by atoms with Crippen molar-refractivity contribution in [1.29, 1.82) is 0 Å². The molecule has 2 aromatic rings. The number of rotatable bonds is 7. The standard InChI is InChI=1S/C21H30N4O2/c1-24-21-17(20(23-24)18(26)15-16-7-3-2-4-8-16)9-10-19(22-21)27-14-13-25-11-5-6-12-25/h9-10,16H,2-8,11-15H2,1H3. The lowest BCUT2D eigenvalue weighted by Gasteiger charge is -2.20. The number of nitrogens with zero attached hydrogens (tertiary/aromatic N) is 4. The van der Waals surface area contributed by atoms with E-state index in [4.69, 9.17) is 4.74 Å². The lowest BCUT2D eigenvalue weighted by molar-refractivity contribution is 0.0946. The van der Waals surface area contributed by atoms with Gasteiger partial charge in [-0.1, -0.05) is 32.1 Å². The molecule has 0 spiro atoms. The van der Waals surface area contributed by atoms with E-state index in [1.165, 1.54) is 58.0 Å². The summed E-state index contributed by atoms with van der Waals surface area (Å²) in [5.74, 6) is 1.28. The molecule has 0 bridgehead atoms. The highest BCUT2D eigenvalue weighted by Gasteiger charge is 2.22. The number of fused-ring (bicyclic) bond motifs is 1. The minimum absolute atomic E-state index is 0.150. The Kier molecular flexibility index (Phi) is 5.72. The number of carbonyl (C=O) groups excluding carboxylic acids is 1. The van der Waals surface area contributed by atoms with Crippen LogP contribution in [-0.4, -0.2) is 51.7 Å². The van der Waals surface area contributed by atoms with Gasteiger partial charge in [-0.3, -0.25) is 9.69 Å². The van der Waals surface area contributed by atoms with Crippen molar-refractivity contribution in [3.8, 4) is 5.88 Å². The van der Waals surface area contributed by atoms with E-state index in [0.717, 1.165) is 17.6 Å². The molecule has 1 saturated heterocycles. The van der Waals surface area contributed by atoms with Gasteiger partial charge in [-0.2, -0.15) is 10.1 Å². The Labute approximate surface area is 160 Å². The van der Waals surface area contributed by atoms with Gasteiger partial charge in [0, 0.05) is 26.1 Å². The lowest BCUT2D eigenvalue weighted by atomic mass is 9.85. The Balaban J connectivity index is 1.42. The van der Waals surface area contributed by atoms with Crippen LogP contribution in [0, 0.1) is 5.92 Å². The molecule has 1 aliphatic heterocycles. The number of ketones is 1. The van der Waals surface area contributed by atoms with E-state index in [1.54, 1.807) is 4.68 Å². The molecule has 0 amide bonds. The summed E-state index contributed by atoms with van der Waals surface area (Å²) in [4.78, 5) is 19.8. The van der Waals surface area contributed by atoms with E-state index in [-0.39, 0.29) is 5.78 Å². The van der Waals surface area contributed by atoms with E-state index < -0.39 is 0 Å². The predicted molar refractivity (Wildman–Crippen MR) is 105 cm³/mol. The fraction of sp³-hybridized carbons (Fsp3) is 0.667. The van der Waals surface area contributed by atoms with Crippen molar-refractivity contribution in [2.75, 3.05) is 26.2 Å². The Morgan fingerprint density at radius 1 is 1.15 bits per heavy atom. The first-order valence-corrected chi connectivity index (χ1v) is 10.4. The van der Waals surface area contributed by atoms with E-state index in [2.05, 4.69) is 15.0 Å². The lowest BCUT2D eigenvalue weighted by Crippen LogP contribution is -2.25. The number of likely N-dealkylation sites (tertiary alicyclic amines) is 1. The molecule has 0 radical (unpaired) electrons. The summed E-state index contributed by atoms with van der Waals surface area (Å²) >= 11 is 0. The van der Waals surface area contributed by atoms with Crippen molar-refractivity contribution in [2.24, 2.45) is 13.0 Å². The zero-order chi connectivity index (χ0) is 18.6. The third kappa shape index (κ3) is 4.32. The second kappa shape index (κ2) is 8.38. The van der Waals surface area contributed by atoms with Gasteiger partial charge in [0.2, 0.25) is 5.88 Å². The summed E-state index contributed by atoms with van der Waals surface area (Å²) in [5.41, 5.74) is 1.29. The molecule has 1 aliphatic carbocycles. The molecule has 6 nitrogen and oxygen atoms in total. The Morgan fingerprint density at radius 3 is 2.70 bits per heavy atom. The van der Waals surface area contributed by atoms with Gasteiger partial charge in [-0.05, 0) is 37.9 Å². The summed E-state index contributed by atoms with van der Waals surface area (Å²) in [6, 6.07) is 3.81. The van der Waals surface area contributed by atoms with Gasteiger partial charge in [-0.15, -0.1) is 0 Å². The minimum atomic E-state index is 0.150. The van der Waals surface area contributed by atoms with Crippen molar-refractivity contribution in [2.45, 2.75) is 51.4 Å². The van der Waals surface area contributed by atoms with Gasteiger partial charge >= 0.3 is 0 Å². The van der Waals surface area contributed by atoms with E-state index in [9.17, 15) is 4.79 Å². The average Bonchev–Trinajstić information content (AvgIpc) is 3.31. The highest BCUT2D eigenvalue weighted by Crippen LogP contribution is 2.29. The molecule has 146 valence electrons. The number of hydrogen-bond donors (Lipinski definition) is 0. The Morgan fingerprint density at radius 2 is 1.93 bits per heavy atom. The molecular formula is C21H30N4O2. The minimum Gasteiger partial charge on any atom is -0.476 e. The number of aryl methyl sites for hydroxylation is 1. The Bertz CT molecular complexity index is 789. The number of carbonyl (C=O) groups is 1. The SMILES string of the molecule is Cn1nc(C(=O)CC2CCCCC2)c2ccc(OCCN3CCCC3)nc21. The van der Waals surface area contributed by atoms with Gasteiger partial charge in [0.05, 0.1) is 5.39 Å². The van der Waals surface area contributed by atoms with Crippen LogP contribution in [0.5, 0.6) is 5.88 Å². The maximum Gasteiger partial charge on any atom is 0.215 e. The van der Waals surface area contributed by atoms with Gasteiger partial charge in [0.25, 0.3) is 0 Å². The molecule has 6 heteroatoms. The highest BCUT2D eigenvalue weighted by molar-refractivity contribution is 6.05. The fourth-order valence-corrected chi connectivity index (χ4v) is 4.44. The van der Waals surface area contributed by atoms with Crippen LogP contribution < -0.4 is 4.74 Å². The van der Waals surface area contributed by atoms with Crippen LogP contribution in [0.2, 0.25) is 0 Å². The van der Waals surface area contributed by atoms with E-state index in [0.29, 0.717) is 30.5 Å². The molecule has 27 heavy (non-hydrogen) atoms. The molecule has 2 fully saturated rings. The van der Waals surface area contributed by atoms with E-state index in [1.807, 2.05) is 19.2 Å². The summed E-state index contributed by atoms with van der Waals surface area (Å²) < 4.78 is 7.55. The zero-order valence-electron chi connectivity index (χ0n) is 16.3. The summed E-state index contributed by atoms with van der Waals surface area (Å²) in [7, 11) is 1.85. The third-order valence-electron chi connectivity index (χ3n) is 5.98. The molecule has 0 unspecified atom stereocenters. The van der Waals surface area contributed by atoms with Crippen LogP contribution in [0.4, 0.5) is 0 Å².